The number of benzene rings is 10. The summed E-state index contributed by atoms with van der Waals surface area (Å²) in [6.07, 6.45) is 0. The standard InChI is InChI=1S/C64H40N6O/c1-4-17-41(18-5-1)61-66-62(42-19-6-2-7-20-42)68-63(67-61)43-33-35-48(36-34-43)69-56-31-12-10-27-51(56)53-37-38-54-52-28-11-13-32-57(52)70(59(54)58(53)69)49-26-15-24-46(40-49)45-23-14-25-47(39-45)50-29-16-30-55-60(50)71-64(65-55)44-21-8-3-9-22-44/h1-40H. The van der Waals surface area contributed by atoms with Gasteiger partial charge in [-0.15, -0.1) is 0 Å². The third-order valence-corrected chi connectivity index (χ3v) is 13.6. The summed E-state index contributed by atoms with van der Waals surface area (Å²) < 4.78 is 11.3. The first-order valence-electron chi connectivity index (χ1n) is 23.8. The molecule has 4 heterocycles. The Morgan fingerprint density at radius 1 is 0.296 bits per heavy atom. The predicted molar refractivity (Wildman–Crippen MR) is 289 cm³/mol. The summed E-state index contributed by atoms with van der Waals surface area (Å²) in [4.78, 5) is 19.9. The summed E-state index contributed by atoms with van der Waals surface area (Å²) in [7, 11) is 0. The zero-order valence-corrected chi connectivity index (χ0v) is 38.2. The molecular weight excluding hydrogens is 869 g/mol. The minimum atomic E-state index is 0.614. The molecule has 0 aliphatic rings. The highest BCUT2D eigenvalue weighted by molar-refractivity contribution is 6.23. The van der Waals surface area contributed by atoms with E-state index in [-0.39, 0.29) is 0 Å². The van der Waals surface area contributed by atoms with Crippen LogP contribution in [-0.4, -0.2) is 29.1 Å². The van der Waals surface area contributed by atoms with Crippen molar-refractivity contribution in [2.24, 2.45) is 0 Å². The normalized spacial score (nSPS) is 11.7. The Labute approximate surface area is 408 Å². The molecule has 0 N–H and O–H groups in total. The van der Waals surface area contributed by atoms with Crippen LogP contribution in [0.4, 0.5) is 0 Å². The van der Waals surface area contributed by atoms with Gasteiger partial charge in [0.25, 0.3) is 0 Å². The largest absolute Gasteiger partial charge is 0.435 e. The molecule has 71 heavy (non-hydrogen) atoms. The lowest BCUT2D eigenvalue weighted by Crippen LogP contribution is -2.01. The quantitative estimate of drug-likeness (QED) is 0.152. The van der Waals surface area contributed by atoms with E-state index in [0.29, 0.717) is 23.4 Å². The molecular formula is C64H40N6O. The Morgan fingerprint density at radius 3 is 1.37 bits per heavy atom. The minimum Gasteiger partial charge on any atom is -0.435 e. The summed E-state index contributed by atoms with van der Waals surface area (Å²) in [5.74, 6) is 2.50. The lowest BCUT2D eigenvalue weighted by Gasteiger charge is -2.14. The topological polar surface area (TPSA) is 74.6 Å². The van der Waals surface area contributed by atoms with Crippen molar-refractivity contribution in [2.75, 3.05) is 0 Å². The third kappa shape index (κ3) is 6.82. The molecule has 0 fully saturated rings. The van der Waals surface area contributed by atoms with Crippen molar-refractivity contribution in [2.45, 2.75) is 0 Å². The number of rotatable bonds is 8. The van der Waals surface area contributed by atoms with Crippen molar-refractivity contribution in [1.29, 1.82) is 0 Å². The molecule has 0 aliphatic carbocycles. The molecule has 7 nitrogen and oxygen atoms in total. The van der Waals surface area contributed by atoms with Crippen molar-refractivity contribution in [3.63, 3.8) is 0 Å². The van der Waals surface area contributed by atoms with Gasteiger partial charge < -0.3 is 13.6 Å². The number of oxazole rings is 1. The first-order chi connectivity index (χ1) is 35.2. The highest BCUT2D eigenvalue weighted by Gasteiger charge is 2.22. The van der Waals surface area contributed by atoms with Crippen LogP contribution in [0.2, 0.25) is 0 Å². The van der Waals surface area contributed by atoms with Gasteiger partial charge in [-0.3, -0.25) is 0 Å². The van der Waals surface area contributed by atoms with E-state index in [2.05, 4.69) is 155 Å². The van der Waals surface area contributed by atoms with E-state index >= 15 is 0 Å². The molecule has 0 spiro atoms. The van der Waals surface area contributed by atoms with Gasteiger partial charge in [0.15, 0.2) is 23.1 Å². The lowest BCUT2D eigenvalue weighted by molar-refractivity contribution is 0.621. The highest BCUT2D eigenvalue weighted by Crippen LogP contribution is 2.43. The van der Waals surface area contributed by atoms with Crippen LogP contribution in [0, 0.1) is 0 Å². The fourth-order valence-electron chi connectivity index (χ4n) is 10.3. The average molecular weight is 909 g/mol. The maximum Gasteiger partial charge on any atom is 0.227 e. The first-order valence-corrected chi connectivity index (χ1v) is 23.8. The molecule has 7 heteroatoms. The second-order valence-electron chi connectivity index (χ2n) is 17.8. The van der Waals surface area contributed by atoms with Crippen LogP contribution in [0.15, 0.2) is 247 Å². The number of nitrogens with zero attached hydrogens (tertiary/aromatic N) is 6. The average Bonchev–Trinajstić information content (AvgIpc) is 4.15. The van der Waals surface area contributed by atoms with Gasteiger partial charge in [-0.2, -0.15) is 0 Å². The smallest absolute Gasteiger partial charge is 0.227 e. The Kier molecular flexibility index (Phi) is 9.38. The summed E-state index contributed by atoms with van der Waals surface area (Å²) in [5.41, 5.74) is 16.3. The van der Waals surface area contributed by atoms with Crippen molar-refractivity contribution >= 4 is 54.7 Å². The number of aromatic nitrogens is 6. The molecule has 0 saturated heterocycles. The second-order valence-corrected chi connectivity index (χ2v) is 17.8. The van der Waals surface area contributed by atoms with Crippen molar-refractivity contribution < 1.29 is 4.42 Å². The Morgan fingerprint density at radius 2 is 0.761 bits per heavy atom. The molecule has 4 aromatic heterocycles. The number of para-hydroxylation sites is 3. The molecule has 14 rings (SSSR count). The minimum absolute atomic E-state index is 0.614. The van der Waals surface area contributed by atoms with Gasteiger partial charge in [-0.05, 0) is 89.5 Å². The van der Waals surface area contributed by atoms with E-state index in [0.717, 1.165) is 89.0 Å². The fraction of sp³-hybridized carbons (Fsp3) is 0. The van der Waals surface area contributed by atoms with E-state index in [1.165, 1.54) is 21.5 Å². The first kappa shape index (κ1) is 40.4. The van der Waals surface area contributed by atoms with Crippen LogP contribution >= 0.6 is 0 Å². The summed E-state index contributed by atoms with van der Waals surface area (Å²) in [5, 5.41) is 4.74. The zero-order valence-electron chi connectivity index (χ0n) is 38.2. The second kappa shape index (κ2) is 16.5. The van der Waals surface area contributed by atoms with Gasteiger partial charge in [0.2, 0.25) is 5.89 Å². The molecule has 332 valence electrons. The molecule has 0 unspecified atom stereocenters. The van der Waals surface area contributed by atoms with Crippen molar-refractivity contribution in [3.05, 3.63) is 243 Å². The maximum atomic E-state index is 6.47. The Hall–Kier alpha value is -9.72. The van der Waals surface area contributed by atoms with Crippen molar-refractivity contribution in [1.82, 2.24) is 29.1 Å². The number of hydrogen-bond acceptors (Lipinski definition) is 5. The van der Waals surface area contributed by atoms with Gasteiger partial charge in [-0.1, -0.05) is 170 Å². The Balaban J connectivity index is 0.919. The molecule has 0 saturated carbocycles. The molecule has 0 aliphatic heterocycles. The Bertz CT molecular complexity index is 4270. The predicted octanol–water partition coefficient (Wildman–Crippen LogP) is 16.2. The van der Waals surface area contributed by atoms with Gasteiger partial charge in [0, 0.05) is 60.7 Å². The van der Waals surface area contributed by atoms with E-state index in [9.17, 15) is 0 Å². The van der Waals surface area contributed by atoms with Crippen LogP contribution in [0.3, 0.4) is 0 Å². The fourth-order valence-corrected chi connectivity index (χ4v) is 10.3. The molecule has 0 atom stereocenters. The zero-order chi connectivity index (χ0) is 46.8. The van der Waals surface area contributed by atoms with Gasteiger partial charge in [0.1, 0.15) is 5.52 Å². The maximum absolute atomic E-state index is 6.47. The molecule has 0 radical (unpaired) electrons. The van der Waals surface area contributed by atoms with Crippen LogP contribution in [-0.2, 0) is 0 Å². The lowest BCUT2D eigenvalue weighted by atomic mass is 9.98. The van der Waals surface area contributed by atoms with E-state index in [4.69, 9.17) is 24.4 Å². The number of fused-ring (bicyclic) bond motifs is 8. The van der Waals surface area contributed by atoms with Crippen LogP contribution in [0.5, 0.6) is 0 Å². The summed E-state index contributed by atoms with van der Waals surface area (Å²) in [6.45, 7) is 0. The number of hydrogen-bond donors (Lipinski definition) is 0. The van der Waals surface area contributed by atoms with Gasteiger partial charge in [0.05, 0.1) is 22.1 Å². The molecule has 0 bridgehead atoms. The van der Waals surface area contributed by atoms with E-state index < -0.39 is 0 Å². The highest BCUT2D eigenvalue weighted by atomic mass is 16.3. The van der Waals surface area contributed by atoms with E-state index in [1.54, 1.807) is 0 Å². The SMILES string of the molecule is c1ccc(-c2nc(-c3ccccc3)nc(-c3ccc(-n4c5ccccc5c5ccc6c7ccccc7n(-c7cccc(-c8cccc(-c9cccc%10nc(-c%11ccccc%11)oc9%10)c8)c7)c6c54)cc3)n2)cc1. The van der Waals surface area contributed by atoms with Crippen LogP contribution < -0.4 is 0 Å². The molecule has 14 aromatic rings. The monoisotopic (exact) mass is 908 g/mol. The summed E-state index contributed by atoms with van der Waals surface area (Å²) in [6, 6.07) is 84.8. The van der Waals surface area contributed by atoms with Gasteiger partial charge in [-0.25, -0.2) is 19.9 Å². The molecule has 0 amide bonds. The molecule has 10 aromatic carbocycles. The van der Waals surface area contributed by atoms with E-state index in [1.807, 2.05) is 97.1 Å². The van der Waals surface area contributed by atoms with Crippen LogP contribution in [0.25, 0.3) is 134 Å². The van der Waals surface area contributed by atoms with Gasteiger partial charge >= 0.3 is 0 Å². The third-order valence-electron chi connectivity index (χ3n) is 13.6. The van der Waals surface area contributed by atoms with Crippen molar-refractivity contribution in [3.8, 4) is 79.2 Å². The van der Waals surface area contributed by atoms with Crippen LogP contribution in [0.1, 0.15) is 0 Å². The summed E-state index contributed by atoms with van der Waals surface area (Å²) >= 11 is 0.